The fourth-order valence-electron chi connectivity index (χ4n) is 2.97. The van der Waals surface area contributed by atoms with Crippen LogP contribution in [0.4, 0.5) is 0 Å². The first kappa shape index (κ1) is 19.2. The van der Waals surface area contributed by atoms with Gasteiger partial charge in [-0.3, -0.25) is 9.59 Å². The Hall–Kier alpha value is -2.12. The fourth-order valence-corrected chi connectivity index (χ4v) is 2.97. The highest BCUT2D eigenvalue weighted by atomic mass is 16.5. The molecule has 1 aliphatic heterocycles. The summed E-state index contributed by atoms with van der Waals surface area (Å²) in [5, 5.41) is 15.1. The van der Waals surface area contributed by atoms with Gasteiger partial charge in [0.05, 0.1) is 32.3 Å². The minimum Gasteiger partial charge on any atom is -0.497 e. The molecule has 2 rings (SSSR count). The summed E-state index contributed by atoms with van der Waals surface area (Å²) in [7, 11) is 1.60. The molecule has 0 aliphatic carbocycles. The molecule has 1 aliphatic rings. The van der Waals surface area contributed by atoms with E-state index in [4.69, 9.17) is 9.47 Å². The Labute approximate surface area is 147 Å². The van der Waals surface area contributed by atoms with Crippen molar-refractivity contribution in [2.45, 2.75) is 51.0 Å². The van der Waals surface area contributed by atoms with Crippen LogP contribution in [0.25, 0.3) is 0 Å². The van der Waals surface area contributed by atoms with Crippen molar-refractivity contribution in [3.05, 3.63) is 29.8 Å². The minimum atomic E-state index is -0.478. The van der Waals surface area contributed by atoms with Gasteiger partial charge in [0, 0.05) is 13.5 Å². The number of hydrogen-bond donors (Lipinski definition) is 3. The predicted octanol–water partition coefficient (Wildman–Crippen LogP) is 0.746. The third kappa shape index (κ3) is 6.03. The van der Waals surface area contributed by atoms with Crippen molar-refractivity contribution in [3.63, 3.8) is 0 Å². The summed E-state index contributed by atoms with van der Waals surface area (Å²) < 4.78 is 10.9. The lowest BCUT2D eigenvalue weighted by Crippen LogP contribution is -2.51. The summed E-state index contributed by atoms with van der Waals surface area (Å²) in [6.45, 7) is 1.67. The number of ether oxygens (including phenoxy) is 2. The van der Waals surface area contributed by atoms with Crippen molar-refractivity contribution in [2.24, 2.45) is 0 Å². The second-order valence-corrected chi connectivity index (χ2v) is 6.20. The van der Waals surface area contributed by atoms with Crippen LogP contribution in [0.1, 0.15) is 31.7 Å². The molecule has 7 nitrogen and oxygen atoms in total. The molecule has 0 bridgehead atoms. The van der Waals surface area contributed by atoms with Crippen molar-refractivity contribution in [1.82, 2.24) is 10.6 Å². The van der Waals surface area contributed by atoms with E-state index in [-0.39, 0.29) is 37.0 Å². The van der Waals surface area contributed by atoms with E-state index in [1.807, 2.05) is 24.3 Å². The molecule has 0 unspecified atom stereocenters. The molecule has 0 radical (unpaired) electrons. The van der Waals surface area contributed by atoms with E-state index in [9.17, 15) is 14.7 Å². The number of aliphatic hydroxyl groups is 1. The normalized spacial score (nSPS) is 22.9. The van der Waals surface area contributed by atoms with Gasteiger partial charge in [-0.1, -0.05) is 12.1 Å². The summed E-state index contributed by atoms with van der Waals surface area (Å²) in [5.74, 6) is 0.487. The summed E-state index contributed by atoms with van der Waals surface area (Å²) in [6, 6.07) is 7.30. The quantitative estimate of drug-likeness (QED) is 0.674. The third-order valence-electron chi connectivity index (χ3n) is 4.22. The predicted molar refractivity (Wildman–Crippen MR) is 92.0 cm³/mol. The Kier molecular flexibility index (Phi) is 7.21. The van der Waals surface area contributed by atoms with Gasteiger partial charge in [-0.05, 0) is 30.5 Å². The van der Waals surface area contributed by atoms with Gasteiger partial charge in [-0.15, -0.1) is 0 Å². The number of carbonyl (C=O) groups excluding carboxylic acids is 2. The van der Waals surface area contributed by atoms with E-state index in [0.717, 1.165) is 11.3 Å². The highest BCUT2D eigenvalue weighted by Crippen LogP contribution is 2.22. The maximum absolute atomic E-state index is 12.1. The van der Waals surface area contributed by atoms with Crippen molar-refractivity contribution in [3.8, 4) is 5.75 Å². The Balaban J connectivity index is 1.79. The van der Waals surface area contributed by atoms with Gasteiger partial charge >= 0.3 is 0 Å². The van der Waals surface area contributed by atoms with Crippen LogP contribution in [0, 0.1) is 0 Å². The third-order valence-corrected chi connectivity index (χ3v) is 4.22. The first-order valence-electron chi connectivity index (χ1n) is 8.45. The number of benzene rings is 1. The molecule has 0 spiro atoms. The lowest BCUT2D eigenvalue weighted by molar-refractivity contribution is -0.135. The van der Waals surface area contributed by atoms with Gasteiger partial charge in [0.15, 0.2) is 0 Å². The molecular weight excluding hydrogens is 324 g/mol. The highest BCUT2D eigenvalue weighted by molar-refractivity contribution is 5.76. The average molecular weight is 350 g/mol. The molecule has 0 saturated carbocycles. The summed E-state index contributed by atoms with van der Waals surface area (Å²) in [4.78, 5) is 23.3. The van der Waals surface area contributed by atoms with E-state index in [1.165, 1.54) is 6.92 Å². The lowest BCUT2D eigenvalue weighted by atomic mass is 9.97. The van der Waals surface area contributed by atoms with E-state index in [0.29, 0.717) is 19.4 Å². The number of amides is 2. The standard InChI is InChI=1S/C18H26N2O5/c1-12(22)20-16-7-6-15(25-17(16)11-21)9-18(23)19-10-13-4-3-5-14(8-13)24-2/h3-5,8,15-17,21H,6-7,9-11H2,1-2H3,(H,19,23)(H,20,22)/t15-,16+,17+/m0/s1. The smallest absolute Gasteiger partial charge is 0.222 e. The Bertz CT molecular complexity index is 593. The Morgan fingerprint density at radius 1 is 1.36 bits per heavy atom. The second kappa shape index (κ2) is 9.39. The molecule has 25 heavy (non-hydrogen) atoms. The molecular formula is C18H26N2O5. The highest BCUT2D eigenvalue weighted by Gasteiger charge is 2.32. The number of carbonyl (C=O) groups is 2. The van der Waals surface area contributed by atoms with Crippen LogP contribution in [0.15, 0.2) is 24.3 Å². The molecule has 0 aromatic heterocycles. The van der Waals surface area contributed by atoms with Crippen molar-refractivity contribution < 1.29 is 24.2 Å². The molecule has 1 fully saturated rings. The lowest BCUT2D eigenvalue weighted by Gasteiger charge is -2.35. The molecule has 1 aromatic rings. The van der Waals surface area contributed by atoms with Crippen LogP contribution in [-0.4, -0.2) is 48.9 Å². The Morgan fingerprint density at radius 3 is 2.84 bits per heavy atom. The molecule has 2 amide bonds. The first-order chi connectivity index (χ1) is 12.0. The average Bonchev–Trinajstić information content (AvgIpc) is 2.61. The van der Waals surface area contributed by atoms with Crippen LogP contribution in [-0.2, 0) is 20.9 Å². The fraction of sp³-hybridized carbons (Fsp3) is 0.556. The summed E-state index contributed by atoms with van der Waals surface area (Å²) in [5.41, 5.74) is 0.955. The topological polar surface area (TPSA) is 96.9 Å². The van der Waals surface area contributed by atoms with Gasteiger partial charge in [0.25, 0.3) is 0 Å². The number of aliphatic hydroxyl groups excluding tert-OH is 1. The van der Waals surface area contributed by atoms with Crippen LogP contribution in [0.3, 0.4) is 0 Å². The number of hydrogen-bond acceptors (Lipinski definition) is 5. The molecule has 1 aromatic carbocycles. The van der Waals surface area contributed by atoms with Crippen LogP contribution in [0.5, 0.6) is 5.75 Å². The zero-order valence-corrected chi connectivity index (χ0v) is 14.7. The van der Waals surface area contributed by atoms with Crippen LogP contribution in [0.2, 0.25) is 0 Å². The molecule has 7 heteroatoms. The summed E-state index contributed by atoms with van der Waals surface area (Å²) in [6.07, 6.45) is 0.834. The van der Waals surface area contributed by atoms with Crippen molar-refractivity contribution in [2.75, 3.05) is 13.7 Å². The van der Waals surface area contributed by atoms with Gasteiger partial charge in [0.1, 0.15) is 11.9 Å². The van der Waals surface area contributed by atoms with Gasteiger partial charge < -0.3 is 25.2 Å². The molecule has 1 saturated heterocycles. The van der Waals surface area contributed by atoms with Crippen LogP contribution >= 0.6 is 0 Å². The Morgan fingerprint density at radius 2 is 2.16 bits per heavy atom. The minimum absolute atomic E-state index is 0.109. The van der Waals surface area contributed by atoms with Crippen LogP contribution < -0.4 is 15.4 Å². The van der Waals surface area contributed by atoms with E-state index in [1.54, 1.807) is 7.11 Å². The zero-order chi connectivity index (χ0) is 18.2. The number of methoxy groups -OCH3 is 1. The van der Waals surface area contributed by atoms with Gasteiger partial charge in [-0.25, -0.2) is 0 Å². The molecule has 3 atom stereocenters. The van der Waals surface area contributed by atoms with E-state index < -0.39 is 6.10 Å². The number of rotatable bonds is 7. The largest absolute Gasteiger partial charge is 0.497 e. The molecule has 1 heterocycles. The maximum Gasteiger partial charge on any atom is 0.222 e. The van der Waals surface area contributed by atoms with Gasteiger partial charge in [-0.2, -0.15) is 0 Å². The number of nitrogens with one attached hydrogen (secondary N) is 2. The van der Waals surface area contributed by atoms with Crippen molar-refractivity contribution >= 4 is 11.8 Å². The monoisotopic (exact) mass is 350 g/mol. The molecule has 138 valence electrons. The van der Waals surface area contributed by atoms with Crippen molar-refractivity contribution in [1.29, 1.82) is 0 Å². The maximum atomic E-state index is 12.1. The second-order valence-electron chi connectivity index (χ2n) is 6.20. The van der Waals surface area contributed by atoms with E-state index in [2.05, 4.69) is 10.6 Å². The zero-order valence-electron chi connectivity index (χ0n) is 14.7. The van der Waals surface area contributed by atoms with Gasteiger partial charge in [0.2, 0.25) is 11.8 Å². The molecule has 3 N–H and O–H groups in total. The first-order valence-corrected chi connectivity index (χ1v) is 8.45. The SMILES string of the molecule is COc1cccc(CNC(=O)C[C@@H]2CC[C@@H](NC(C)=O)[C@@H](CO)O2)c1. The van der Waals surface area contributed by atoms with E-state index >= 15 is 0 Å². The summed E-state index contributed by atoms with van der Waals surface area (Å²) >= 11 is 0.